The first-order chi connectivity index (χ1) is 8.61. The molecule has 1 saturated carbocycles. The maximum atomic E-state index is 6.12. The summed E-state index contributed by atoms with van der Waals surface area (Å²) < 4.78 is 0. The van der Waals surface area contributed by atoms with Gasteiger partial charge in [-0.15, -0.1) is 0 Å². The summed E-state index contributed by atoms with van der Waals surface area (Å²) in [5, 5.41) is 0. The fourth-order valence-electron chi connectivity index (χ4n) is 4.08. The smallest absolute Gasteiger partial charge is 0.0332 e. The van der Waals surface area contributed by atoms with Crippen molar-refractivity contribution in [2.45, 2.75) is 57.5 Å². The second-order valence-electron chi connectivity index (χ2n) is 6.58. The summed E-state index contributed by atoms with van der Waals surface area (Å²) in [5.41, 5.74) is 6.41. The van der Waals surface area contributed by atoms with Crippen LogP contribution in [0.25, 0.3) is 0 Å². The van der Waals surface area contributed by atoms with Crippen molar-refractivity contribution in [2.24, 2.45) is 11.7 Å². The molecule has 0 aromatic rings. The van der Waals surface area contributed by atoms with Gasteiger partial charge in [-0.2, -0.15) is 0 Å². The van der Waals surface area contributed by atoms with Gasteiger partial charge in [0.15, 0.2) is 0 Å². The van der Waals surface area contributed by atoms with Crippen molar-refractivity contribution in [1.29, 1.82) is 0 Å². The molecule has 18 heavy (non-hydrogen) atoms. The van der Waals surface area contributed by atoms with Gasteiger partial charge >= 0.3 is 0 Å². The van der Waals surface area contributed by atoms with Gasteiger partial charge in [0.1, 0.15) is 0 Å². The van der Waals surface area contributed by atoms with Crippen LogP contribution in [0.3, 0.4) is 0 Å². The van der Waals surface area contributed by atoms with Gasteiger partial charge < -0.3 is 5.73 Å². The minimum absolute atomic E-state index is 0.293. The van der Waals surface area contributed by atoms with Gasteiger partial charge in [-0.05, 0) is 58.2 Å². The first kappa shape index (κ1) is 14.3. The Hall–Kier alpha value is -0.120. The fraction of sp³-hybridized carbons (Fsp3) is 1.00. The average Bonchev–Trinajstić information content (AvgIpc) is 2.96. The van der Waals surface area contributed by atoms with Gasteiger partial charge in [0.2, 0.25) is 0 Å². The summed E-state index contributed by atoms with van der Waals surface area (Å²) >= 11 is 0. The lowest BCUT2D eigenvalue weighted by Gasteiger charge is -2.41. The summed E-state index contributed by atoms with van der Waals surface area (Å²) in [6.45, 7) is 9.18. The van der Waals surface area contributed by atoms with Crippen molar-refractivity contribution in [2.75, 3.05) is 33.2 Å². The number of hydrogen-bond acceptors (Lipinski definition) is 3. The maximum Gasteiger partial charge on any atom is 0.0332 e. The zero-order chi connectivity index (χ0) is 13.2. The van der Waals surface area contributed by atoms with Crippen molar-refractivity contribution in [3.05, 3.63) is 0 Å². The van der Waals surface area contributed by atoms with E-state index in [-0.39, 0.29) is 0 Å². The average molecular weight is 253 g/mol. The lowest BCUT2D eigenvalue weighted by Crippen LogP contribution is -2.54. The second kappa shape index (κ2) is 5.89. The molecule has 106 valence electrons. The first-order valence-electron chi connectivity index (χ1n) is 7.76. The molecule has 0 amide bonds. The quantitative estimate of drug-likeness (QED) is 0.812. The predicted octanol–water partition coefficient (Wildman–Crippen LogP) is 1.92. The van der Waals surface area contributed by atoms with E-state index < -0.39 is 0 Å². The van der Waals surface area contributed by atoms with Crippen LogP contribution in [0.2, 0.25) is 0 Å². The van der Waals surface area contributed by atoms with Crippen LogP contribution in [0.4, 0.5) is 0 Å². The molecule has 2 N–H and O–H groups in total. The van der Waals surface area contributed by atoms with Gasteiger partial charge in [0, 0.05) is 24.7 Å². The summed E-state index contributed by atoms with van der Waals surface area (Å²) in [4.78, 5) is 5.23. The Balaban J connectivity index is 1.95. The predicted molar refractivity (Wildman–Crippen MR) is 77.7 cm³/mol. The monoisotopic (exact) mass is 253 g/mol. The van der Waals surface area contributed by atoms with Crippen LogP contribution in [0, 0.1) is 5.92 Å². The Labute approximate surface area is 113 Å². The third kappa shape index (κ3) is 2.73. The van der Waals surface area contributed by atoms with Crippen LogP contribution < -0.4 is 5.73 Å². The van der Waals surface area contributed by atoms with Crippen LogP contribution in [0.5, 0.6) is 0 Å². The number of nitrogens with zero attached hydrogens (tertiary/aromatic N) is 2. The summed E-state index contributed by atoms with van der Waals surface area (Å²) in [6, 6.07) is 0.763. The second-order valence-corrected chi connectivity index (χ2v) is 6.58. The van der Waals surface area contributed by atoms with Gasteiger partial charge in [0.25, 0.3) is 0 Å². The number of hydrogen-bond donors (Lipinski definition) is 1. The highest BCUT2D eigenvalue weighted by Gasteiger charge is 2.40. The summed E-state index contributed by atoms with van der Waals surface area (Å²) in [6.07, 6.45) is 6.68. The molecule has 1 aliphatic carbocycles. The number of nitrogens with two attached hydrogens (primary N) is 1. The highest BCUT2D eigenvalue weighted by molar-refractivity contribution is 4.98. The third-order valence-electron chi connectivity index (χ3n) is 5.41. The first-order valence-corrected chi connectivity index (χ1v) is 7.76. The Morgan fingerprint density at radius 1 is 1.39 bits per heavy atom. The molecule has 0 spiro atoms. The number of likely N-dealkylation sites (N-methyl/N-ethyl adjacent to an activating group) is 2. The normalized spacial score (nSPS) is 37.8. The molecule has 2 fully saturated rings. The lowest BCUT2D eigenvalue weighted by molar-refractivity contribution is 0.0921. The Bertz CT molecular complexity index is 268. The molecule has 0 radical (unpaired) electrons. The third-order valence-corrected chi connectivity index (χ3v) is 5.41. The fourth-order valence-corrected chi connectivity index (χ4v) is 4.08. The van der Waals surface area contributed by atoms with Crippen LogP contribution in [-0.2, 0) is 0 Å². The van der Waals surface area contributed by atoms with E-state index in [1.165, 1.54) is 51.7 Å². The van der Waals surface area contributed by atoms with Crippen LogP contribution in [-0.4, -0.2) is 54.6 Å². The highest BCUT2D eigenvalue weighted by atomic mass is 15.3. The molecular formula is C15H31N3. The van der Waals surface area contributed by atoms with Gasteiger partial charge in [0.05, 0.1) is 0 Å². The van der Waals surface area contributed by atoms with Gasteiger partial charge in [-0.25, -0.2) is 0 Å². The van der Waals surface area contributed by atoms with Gasteiger partial charge in [-0.3, -0.25) is 9.80 Å². The molecule has 1 heterocycles. The molecular weight excluding hydrogens is 222 g/mol. The molecule has 0 bridgehead atoms. The molecule has 3 unspecified atom stereocenters. The van der Waals surface area contributed by atoms with Crippen LogP contribution in [0.15, 0.2) is 0 Å². The van der Waals surface area contributed by atoms with Gasteiger partial charge in [-0.1, -0.05) is 13.8 Å². The Morgan fingerprint density at radius 2 is 2.17 bits per heavy atom. The van der Waals surface area contributed by atoms with Crippen molar-refractivity contribution >= 4 is 0 Å². The molecule has 1 aliphatic heterocycles. The van der Waals surface area contributed by atoms with E-state index in [1.807, 2.05) is 0 Å². The van der Waals surface area contributed by atoms with Crippen LogP contribution in [0.1, 0.15) is 46.0 Å². The zero-order valence-corrected chi connectivity index (χ0v) is 12.5. The number of likely N-dealkylation sites (tertiary alicyclic amines) is 1. The number of rotatable bonds is 5. The topological polar surface area (TPSA) is 32.5 Å². The lowest BCUT2D eigenvalue weighted by atomic mass is 9.93. The van der Waals surface area contributed by atoms with Crippen molar-refractivity contribution < 1.29 is 0 Å². The highest BCUT2D eigenvalue weighted by Crippen LogP contribution is 2.38. The van der Waals surface area contributed by atoms with E-state index in [0.29, 0.717) is 5.54 Å². The van der Waals surface area contributed by atoms with E-state index in [9.17, 15) is 0 Å². The summed E-state index contributed by atoms with van der Waals surface area (Å²) in [7, 11) is 2.30. The largest absolute Gasteiger partial charge is 0.329 e. The molecule has 0 aromatic heterocycles. The zero-order valence-electron chi connectivity index (χ0n) is 12.5. The summed E-state index contributed by atoms with van der Waals surface area (Å²) in [5.74, 6) is 0.849. The van der Waals surface area contributed by atoms with Crippen molar-refractivity contribution in [3.8, 4) is 0 Å². The standard InChI is InChI=1S/C15H31N3/c1-4-18-9-5-6-14(18)11-17(3)15(12-16)8-7-13(2)10-15/h13-14H,4-12,16H2,1-3H3. The maximum absolute atomic E-state index is 6.12. The molecule has 0 aromatic carbocycles. The Morgan fingerprint density at radius 3 is 2.72 bits per heavy atom. The Kier molecular flexibility index (Phi) is 4.68. The van der Waals surface area contributed by atoms with E-state index in [0.717, 1.165) is 18.5 Å². The molecule has 2 rings (SSSR count). The SMILES string of the molecule is CCN1CCCC1CN(C)C1(CN)CCC(C)C1. The molecule has 2 aliphatic rings. The molecule has 3 nitrogen and oxygen atoms in total. The van der Waals surface area contributed by atoms with Crippen molar-refractivity contribution in [1.82, 2.24) is 9.80 Å². The van der Waals surface area contributed by atoms with E-state index >= 15 is 0 Å². The minimum Gasteiger partial charge on any atom is -0.329 e. The molecule has 3 atom stereocenters. The van der Waals surface area contributed by atoms with E-state index in [2.05, 4.69) is 30.7 Å². The molecule has 1 saturated heterocycles. The van der Waals surface area contributed by atoms with Crippen molar-refractivity contribution in [3.63, 3.8) is 0 Å². The molecule has 3 heteroatoms. The van der Waals surface area contributed by atoms with E-state index in [4.69, 9.17) is 5.73 Å². The van der Waals surface area contributed by atoms with E-state index in [1.54, 1.807) is 0 Å². The minimum atomic E-state index is 0.293. The van der Waals surface area contributed by atoms with Crippen LogP contribution >= 0.6 is 0 Å².